The fourth-order valence-electron chi connectivity index (χ4n) is 6.06. The number of anilines is 1. The van der Waals surface area contributed by atoms with Crippen LogP contribution in [0.15, 0.2) is 59.0 Å². The van der Waals surface area contributed by atoms with Crippen LogP contribution >= 0.6 is 0 Å². The zero-order valence-corrected chi connectivity index (χ0v) is 23.9. The summed E-state index contributed by atoms with van der Waals surface area (Å²) in [4.78, 5) is 19.9. The first kappa shape index (κ1) is 28.3. The molecule has 11 heteroatoms. The van der Waals surface area contributed by atoms with Gasteiger partial charge < -0.3 is 14.6 Å². The molecule has 1 saturated heterocycles. The smallest absolute Gasteiger partial charge is 0.347 e. The number of alkyl halides is 2. The predicted octanol–water partition coefficient (Wildman–Crippen LogP) is 5.16. The highest BCUT2D eigenvalue weighted by Gasteiger charge is 2.48. The summed E-state index contributed by atoms with van der Waals surface area (Å²) in [6, 6.07) is 16.7. The van der Waals surface area contributed by atoms with E-state index in [0.29, 0.717) is 36.9 Å². The summed E-state index contributed by atoms with van der Waals surface area (Å²) >= 11 is 0. The summed E-state index contributed by atoms with van der Waals surface area (Å²) < 4.78 is 62.1. The van der Waals surface area contributed by atoms with Crippen molar-refractivity contribution in [2.45, 2.75) is 55.9 Å². The van der Waals surface area contributed by atoms with Gasteiger partial charge in [-0.15, -0.1) is 0 Å². The molecule has 2 heterocycles. The average molecular weight is 595 g/mol. The van der Waals surface area contributed by atoms with Gasteiger partial charge in [-0.2, -0.15) is 14.0 Å². The van der Waals surface area contributed by atoms with Crippen molar-refractivity contribution in [2.24, 2.45) is 5.92 Å². The maximum Gasteiger partial charge on any atom is 0.347 e. The SMILES string of the molecule is N#CC1(NC(=O)[C@@H]2CCCC[C@H]2c2oc(C(F)(F)c3ccccc3)nc2-c2ccccc2N2CCS(=O)(=O)CC2)CC1. The van der Waals surface area contributed by atoms with E-state index in [1.54, 1.807) is 18.2 Å². The lowest BCUT2D eigenvalue weighted by molar-refractivity contribution is -0.127. The molecule has 42 heavy (non-hydrogen) atoms. The Balaban J connectivity index is 1.45. The molecule has 0 unspecified atom stereocenters. The molecule has 2 saturated carbocycles. The minimum atomic E-state index is -3.53. The molecule has 2 atom stereocenters. The number of nitrogens with one attached hydrogen (secondary N) is 1. The van der Waals surface area contributed by atoms with E-state index >= 15 is 8.78 Å². The van der Waals surface area contributed by atoms with Crippen molar-refractivity contribution in [1.82, 2.24) is 10.3 Å². The third kappa shape index (κ3) is 5.40. The molecular weight excluding hydrogens is 562 g/mol. The van der Waals surface area contributed by atoms with Gasteiger partial charge in [-0.25, -0.2) is 13.4 Å². The normalized spacial score (nSPS) is 23.1. The lowest BCUT2D eigenvalue weighted by atomic mass is 9.76. The Morgan fingerprint density at radius 1 is 1.05 bits per heavy atom. The standard InChI is InChI=1S/C31H32F2N4O4S/c32-31(33,21-8-2-1-3-9-21)29-35-26(24-12-6-7-13-25(24)37-16-18-42(39,40)19-17-37)27(41-29)22-10-4-5-11-23(22)28(38)36-30(20-34)14-15-30/h1-3,6-9,12-13,22-23H,4-5,10-11,14-19H2,(H,36,38)/t22-,23-/m1/s1. The van der Waals surface area contributed by atoms with E-state index in [1.165, 1.54) is 24.3 Å². The Hall–Kier alpha value is -3.78. The Morgan fingerprint density at radius 2 is 1.71 bits per heavy atom. The lowest BCUT2D eigenvalue weighted by Crippen LogP contribution is -2.42. The van der Waals surface area contributed by atoms with Gasteiger partial charge in [-0.05, 0) is 31.7 Å². The Morgan fingerprint density at radius 3 is 2.40 bits per heavy atom. The number of hydrogen-bond acceptors (Lipinski definition) is 7. The van der Waals surface area contributed by atoms with Crippen LogP contribution in [0.4, 0.5) is 14.5 Å². The van der Waals surface area contributed by atoms with Crippen LogP contribution in [-0.2, 0) is 20.6 Å². The maximum absolute atomic E-state index is 15.9. The molecule has 6 rings (SSSR count). The number of rotatable bonds is 7. The van der Waals surface area contributed by atoms with Crippen LogP contribution in [0.25, 0.3) is 11.3 Å². The van der Waals surface area contributed by atoms with Gasteiger partial charge in [0.05, 0.1) is 17.6 Å². The number of hydrogen-bond donors (Lipinski definition) is 1. The van der Waals surface area contributed by atoms with Crippen LogP contribution in [0.1, 0.15) is 61.7 Å². The highest BCUT2D eigenvalue weighted by molar-refractivity contribution is 7.91. The second-order valence-corrected chi connectivity index (χ2v) is 13.8. The zero-order valence-electron chi connectivity index (χ0n) is 23.1. The summed E-state index contributed by atoms with van der Waals surface area (Å²) in [5, 5.41) is 12.5. The number of aromatic nitrogens is 1. The van der Waals surface area contributed by atoms with Crippen LogP contribution in [-0.4, -0.2) is 49.4 Å². The van der Waals surface area contributed by atoms with E-state index in [0.717, 1.165) is 12.8 Å². The van der Waals surface area contributed by atoms with E-state index in [-0.39, 0.29) is 47.5 Å². The van der Waals surface area contributed by atoms with Crippen LogP contribution < -0.4 is 10.2 Å². The number of nitriles is 1. The molecular formula is C31H32F2N4O4S. The second-order valence-electron chi connectivity index (χ2n) is 11.5. The van der Waals surface area contributed by atoms with Gasteiger partial charge in [-0.3, -0.25) is 4.79 Å². The molecule has 0 bridgehead atoms. The number of carbonyl (C=O) groups is 1. The molecule has 1 aliphatic heterocycles. The third-order valence-corrected chi connectivity index (χ3v) is 10.3. The topological polar surface area (TPSA) is 116 Å². The van der Waals surface area contributed by atoms with Crippen LogP contribution in [0.3, 0.4) is 0 Å². The quantitative estimate of drug-likeness (QED) is 0.402. The van der Waals surface area contributed by atoms with Crippen LogP contribution in [0, 0.1) is 17.2 Å². The van der Waals surface area contributed by atoms with E-state index < -0.39 is 39.0 Å². The number of sulfone groups is 1. The van der Waals surface area contributed by atoms with Gasteiger partial charge in [0.2, 0.25) is 5.91 Å². The minimum absolute atomic E-state index is 0.00412. The zero-order chi connectivity index (χ0) is 29.5. The Labute approximate surface area is 243 Å². The van der Waals surface area contributed by atoms with Crippen molar-refractivity contribution in [3.63, 3.8) is 0 Å². The lowest BCUT2D eigenvalue weighted by Gasteiger charge is -2.32. The van der Waals surface area contributed by atoms with Gasteiger partial charge in [0.15, 0.2) is 9.84 Å². The summed E-state index contributed by atoms with van der Waals surface area (Å²) in [6.45, 7) is 0.536. The van der Waals surface area contributed by atoms with Crippen molar-refractivity contribution < 1.29 is 26.4 Å². The van der Waals surface area contributed by atoms with Crippen molar-refractivity contribution >= 4 is 21.4 Å². The monoisotopic (exact) mass is 594 g/mol. The predicted molar refractivity (Wildman–Crippen MR) is 153 cm³/mol. The first-order chi connectivity index (χ1) is 20.1. The molecule has 0 spiro atoms. The molecule has 2 aliphatic carbocycles. The van der Waals surface area contributed by atoms with Crippen molar-refractivity contribution in [1.29, 1.82) is 5.26 Å². The Bertz CT molecular complexity index is 1620. The number of benzene rings is 2. The van der Waals surface area contributed by atoms with Crippen LogP contribution in [0.2, 0.25) is 0 Å². The average Bonchev–Trinajstić information content (AvgIpc) is 3.63. The molecule has 3 aliphatic rings. The van der Waals surface area contributed by atoms with Gasteiger partial charge in [-0.1, -0.05) is 61.4 Å². The molecule has 2 aromatic carbocycles. The Kier molecular flexibility index (Phi) is 7.29. The van der Waals surface area contributed by atoms with Crippen molar-refractivity contribution in [3.8, 4) is 17.3 Å². The number of amides is 1. The highest BCUT2D eigenvalue weighted by Crippen LogP contribution is 2.47. The van der Waals surface area contributed by atoms with E-state index in [9.17, 15) is 18.5 Å². The van der Waals surface area contributed by atoms with Crippen molar-refractivity contribution in [2.75, 3.05) is 29.5 Å². The molecule has 3 aromatic rings. The van der Waals surface area contributed by atoms with Gasteiger partial charge in [0.1, 0.15) is 17.0 Å². The molecule has 3 fully saturated rings. The minimum Gasteiger partial charge on any atom is -0.439 e. The van der Waals surface area contributed by atoms with Gasteiger partial charge >= 0.3 is 5.92 Å². The van der Waals surface area contributed by atoms with Gasteiger partial charge in [0, 0.05) is 41.7 Å². The largest absolute Gasteiger partial charge is 0.439 e. The molecule has 1 aromatic heterocycles. The molecule has 220 valence electrons. The number of carbonyl (C=O) groups excluding carboxylic acids is 1. The summed E-state index contributed by atoms with van der Waals surface area (Å²) in [7, 11) is -3.14. The highest BCUT2D eigenvalue weighted by atomic mass is 32.2. The fourth-order valence-corrected chi connectivity index (χ4v) is 7.26. The summed E-state index contributed by atoms with van der Waals surface area (Å²) in [6.07, 6.45) is 3.84. The summed E-state index contributed by atoms with van der Waals surface area (Å²) in [5.74, 6) is -5.44. The number of para-hydroxylation sites is 1. The first-order valence-corrected chi connectivity index (χ1v) is 16.2. The first-order valence-electron chi connectivity index (χ1n) is 14.4. The maximum atomic E-state index is 15.9. The number of halogens is 2. The summed E-state index contributed by atoms with van der Waals surface area (Å²) in [5.41, 5.74) is 0.342. The number of oxazole rings is 1. The molecule has 1 N–H and O–H groups in total. The van der Waals surface area contributed by atoms with E-state index in [1.807, 2.05) is 17.0 Å². The second kappa shape index (κ2) is 10.8. The van der Waals surface area contributed by atoms with Crippen molar-refractivity contribution in [3.05, 3.63) is 71.8 Å². The fraction of sp³-hybridized carbons (Fsp3) is 0.452. The van der Waals surface area contributed by atoms with E-state index in [2.05, 4.69) is 16.4 Å². The van der Waals surface area contributed by atoms with E-state index in [4.69, 9.17) is 4.42 Å². The molecule has 0 radical (unpaired) electrons. The molecule has 8 nitrogen and oxygen atoms in total. The number of nitrogens with zero attached hydrogens (tertiary/aromatic N) is 3. The van der Waals surface area contributed by atoms with Crippen LogP contribution in [0.5, 0.6) is 0 Å². The molecule has 1 amide bonds. The third-order valence-electron chi connectivity index (χ3n) is 8.67. The van der Waals surface area contributed by atoms with Gasteiger partial charge in [0.25, 0.3) is 5.89 Å².